The molecule has 0 N–H and O–H groups in total. The Labute approximate surface area is 166 Å². The number of hydrogen-bond acceptors (Lipinski definition) is 6. The Morgan fingerprint density at radius 1 is 1.21 bits per heavy atom. The van der Waals surface area contributed by atoms with Crippen molar-refractivity contribution < 1.29 is 23.4 Å². The van der Waals surface area contributed by atoms with Gasteiger partial charge in [-0.25, -0.2) is 4.98 Å². The Morgan fingerprint density at radius 3 is 2.89 bits per heavy atom. The number of amides is 1. The SMILES string of the molecule is CN(Cc1ccccc1Cl)C(=O)c1coc(COc2ccc3c(c2)OCO3)n1. The number of rotatable bonds is 6. The fourth-order valence-corrected chi connectivity index (χ4v) is 2.93. The second-order valence-electron chi connectivity index (χ2n) is 6.18. The second-order valence-corrected chi connectivity index (χ2v) is 6.59. The molecule has 7 nitrogen and oxygen atoms in total. The van der Waals surface area contributed by atoms with E-state index in [-0.39, 0.29) is 25.0 Å². The molecular formula is C20H17ClN2O5. The van der Waals surface area contributed by atoms with Crippen LogP contribution in [-0.4, -0.2) is 29.6 Å². The van der Waals surface area contributed by atoms with Crippen LogP contribution in [0.3, 0.4) is 0 Å². The zero-order valence-electron chi connectivity index (χ0n) is 15.1. The molecule has 1 aliphatic heterocycles. The van der Waals surface area contributed by atoms with E-state index in [1.54, 1.807) is 31.3 Å². The number of benzene rings is 2. The lowest BCUT2D eigenvalue weighted by molar-refractivity contribution is 0.0779. The van der Waals surface area contributed by atoms with Gasteiger partial charge in [-0.2, -0.15) is 0 Å². The van der Waals surface area contributed by atoms with E-state index in [0.717, 1.165) is 5.56 Å². The number of halogens is 1. The maximum Gasteiger partial charge on any atom is 0.275 e. The lowest BCUT2D eigenvalue weighted by atomic mass is 10.2. The fraction of sp³-hybridized carbons (Fsp3) is 0.200. The summed E-state index contributed by atoms with van der Waals surface area (Å²) in [4.78, 5) is 18.3. The molecule has 0 spiro atoms. The molecule has 2 aromatic carbocycles. The van der Waals surface area contributed by atoms with Crippen molar-refractivity contribution in [2.45, 2.75) is 13.2 Å². The smallest absolute Gasteiger partial charge is 0.275 e. The maximum atomic E-state index is 12.6. The van der Waals surface area contributed by atoms with Crippen molar-refractivity contribution >= 4 is 17.5 Å². The van der Waals surface area contributed by atoms with Crippen LogP contribution in [0, 0.1) is 0 Å². The minimum atomic E-state index is -0.266. The number of carbonyl (C=O) groups is 1. The number of carbonyl (C=O) groups excluding carboxylic acids is 1. The van der Waals surface area contributed by atoms with Crippen LogP contribution in [0.25, 0.3) is 0 Å². The average Bonchev–Trinajstić information content (AvgIpc) is 3.36. The summed E-state index contributed by atoms with van der Waals surface area (Å²) in [7, 11) is 1.68. The summed E-state index contributed by atoms with van der Waals surface area (Å²) in [5.41, 5.74) is 1.06. The van der Waals surface area contributed by atoms with Crippen molar-refractivity contribution in [2.24, 2.45) is 0 Å². The standard InChI is InChI=1S/C20H17ClN2O5/c1-23(9-13-4-2-3-5-15(13)21)20(24)16-10-26-19(22-16)11-25-14-6-7-17-18(8-14)28-12-27-17/h2-8,10H,9,11-12H2,1H3. The van der Waals surface area contributed by atoms with Gasteiger partial charge in [0.15, 0.2) is 23.8 Å². The predicted octanol–water partition coefficient (Wildman–Crippen LogP) is 3.91. The lowest BCUT2D eigenvalue weighted by Crippen LogP contribution is -2.26. The molecule has 0 saturated carbocycles. The molecule has 0 unspecified atom stereocenters. The zero-order chi connectivity index (χ0) is 19.5. The Kier molecular flexibility index (Phi) is 5.08. The molecule has 8 heteroatoms. The van der Waals surface area contributed by atoms with Gasteiger partial charge in [-0.05, 0) is 23.8 Å². The van der Waals surface area contributed by atoms with Crippen molar-refractivity contribution in [3.63, 3.8) is 0 Å². The number of nitrogens with zero attached hydrogens (tertiary/aromatic N) is 2. The van der Waals surface area contributed by atoms with Crippen molar-refractivity contribution in [3.05, 3.63) is 70.9 Å². The van der Waals surface area contributed by atoms with E-state index in [4.69, 9.17) is 30.2 Å². The second kappa shape index (κ2) is 7.82. The molecule has 1 amide bonds. The Bertz CT molecular complexity index is 1000. The van der Waals surface area contributed by atoms with Crippen LogP contribution < -0.4 is 14.2 Å². The maximum absolute atomic E-state index is 12.6. The minimum absolute atomic E-state index is 0.0845. The molecule has 4 rings (SSSR count). The van der Waals surface area contributed by atoms with Crippen LogP contribution in [-0.2, 0) is 13.2 Å². The highest BCUT2D eigenvalue weighted by atomic mass is 35.5. The zero-order valence-corrected chi connectivity index (χ0v) is 15.8. The molecule has 3 aromatic rings. The molecule has 0 saturated heterocycles. The minimum Gasteiger partial charge on any atom is -0.484 e. The van der Waals surface area contributed by atoms with Crippen molar-refractivity contribution in [1.82, 2.24) is 9.88 Å². The van der Waals surface area contributed by atoms with Crippen LogP contribution in [0.5, 0.6) is 17.2 Å². The van der Waals surface area contributed by atoms with Gasteiger partial charge in [0.2, 0.25) is 12.7 Å². The van der Waals surface area contributed by atoms with Crippen LogP contribution >= 0.6 is 11.6 Å². The summed E-state index contributed by atoms with van der Waals surface area (Å²) in [6.45, 7) is 0.654. The van der Waals surface area contributed by atoms with Crippen LogP contribution in [0.4, 0.5) is 0 Å². The Balaban J connectivity index is 1.37. The van der Waals surface area contributed by atoms with Gasteiger partial charge in [-0.15, -0.1) is 0 Å². The number of fused-ring (bicyclic) bond motifs is 1. The molecule has 0 atom stereocenters. The molecule has 144 valence electrons. The summed E-state index contributed by atoms with van der Waals surface area (Å²) in [5, 5.41) is 0.611. The van der Waals surface area contributed by atoms with E-state index >= 15 is 0 Å². The van der Waals surface area contributed by atoms with Gasteiger partial charge in [0.25, 0.3) is 5.91 Å². The number of aromatic nitrogens is 1. The topological polar surface area (TPSA) is 74.0 Å². The highest BCUT2D eigenvalue weighted by Gasteiger charge is 2.18. The number of oxazole rings is 1. The van der Waals surface area contributed by atoms with E-state index in [1.807, 2.05) is 18.2 Å². The summed E-state index contributed by atoms with van der Waals surface area (Å²) in [5.74, 6) is 1.93. The van der Waals surface area contributed by atoms with Crippen LogP contribution in [0.15, 0.2) is 53.1 Å². The monoisotopic (exact) mass is 400 g/mol. The van der Waals surface area contributed by atoms with Gasteiger partial charge in [0, 0.05) is 24.7 Å². The van der Waals surface area contributed by atoms with Gasteiger partial charge < -0.3 is 23.5 Å². The highest BCUT2D eigenvalue weighted by Crippen LogP contribution is 2.35. The predicted molar refractivity (Wildman–Crippen MR) is 101 cm³/mol. The quantitative estimate of drug-likeness (QED) is 0.624. The van der Waals surface area contributed by atoms with Crippen molar-refractivity contribution in [3.8, 4) is 17.2 Å². The molecule has 1 aromatic heterocycles. The van der Waals surface area contributed by atoms with E-state index in [9.17, 15) is 4.79 Å². The van der Waals surface area contributed by atoms with Crippen LogP contribution in [0.2, 0.25) is 5.02 Å². The largest absolute Gasteiger partial charge is 0.484 e. The van der Waals surface area contributed by atoms with Gasteiger partial charge in [0.05, 0.1) is 0 Å². The molecule has 0 radical (unpaired) electrons. The molecule has 0 aliphatic carbocycles. The van der Waals surface area contributed by atoms with Gasteiger partial charge in [-0.1, -0.05) is 29.8 Å². The molecule has 0 bridgehead atoms. The van der Waals surface area contributed by atoms with E-state index < -0.39 is 0 Å². The Hall–Kier alpha value is -3.19. The van der Waals surface area contributed by atoms with Crippen molar-refractivity contribution in [1.29, 1.82) is 0 Å². The molecule has 28 heavy (non-hydrogen) atoms. The summed E-state index contributed by atoms with van der Waals surface area (Å²) >= 11 is 6.15. The van der Waals surface area contributed by atoms with Gasteiger partial charge >= 0.3 is 0 Å². The van der Waals surface area contributed by atoms with Gasteiger partial charge in [-0.3, -0.25) is 4.79 Å². The number of ether oxygens (including phenoxy) is 3. The third-order valence-corrected chi connectivity index (χ3v) is 4.56. The first-order chi connectivity index (χ1) is 13.6. The molecule has 0 fully saturated rings. The third-order valence-electron chi connectivity index (χ3n) is 4.19. The van der Waals surface area contributed by atoms with E-state index in [1.165, 1.54) is 11.2 Å². The normalized spacial score (nSPS) is 12.1. The third kappa shape index (κ3) is 3.89. The Morgan fingerprint density at radius 2 is 2.04 bits per heavy atom. The fourth-order valence-electron chi connectivity index (χ4n) is 2.74. The van der Waals surface area contributed by atoms with E-state index in [2.05, 4.69) is 4.98 Å². The van der Waals surface area contributed by atoms with E-state index in [0.29, 0.717) is 34.7 Å². The summed E-state index contributed by atoms with van der Waals surface area (Å²) < 4.78 is 21.6. The average molecular weight is 401 g/mol. The highest BCUT2D eigenvalue weighted by molar-refractivity contribution is 6.31. The first kappa shape index (κ1) is 18.2. The molecule has 2 heterocycles. The number of hydrogen-bond donors (Lipinski definition) is 0. The first-order valence-electron chi connectivity index (χ1n) is 8.56. The van der Waals surface area contributed by atoms with Crippen LogP contribution in [0.1, 0.15) is 21.9 Å². The van der Waals surface area contributed by atoms with Gasteiger partial charge in [0.1, 0.15) is 12.0 Å². The molecule has 1 aliphatic rings. The first-order valence-corrected chi connectivity index (χ1v) is 8.93. The summed E-state index contributed by atoms with van der Waals surface area (Å²) in [6, 6.07) is 12.6. The van der Waals surface area contributed by atoms with Crippen molar-refractivity contribution in [2.75, 3.05) is 13.8 Å². The molecular weight excluding hydrogens is 384 g/mol. The summed E-state index contributed by atoms with van der Waals surface area (Å²) in [6.07, 6.45) is 1.32. The lowest BCUT2D eigenvalue weighted by Gasteiger charge is -2.16.